The molecule has 1 aromatic rings. The molecule has 0 radical (unpaired) electrons. The van der Waals surface area contributed by atoms with Crippen LogP contribution < -0.4 is 10.3 Å². The Morgan fingerprint density at radius 1 is 1.42 bits per heavy atom. The van der Waals surface area contributed by atoms with Crippen LogP contribution in [-0.2, 0) is 0 Å². The molecule has 0 aromatic heterocycles. The lowest BCUT2D eigenvalue weighted by atomic mass is 10.1. The molecule has 0 unspecified atom stereocenters. The summed E-state index contributed by atoms with van der Waals surface area (Å²) < 4.78 is 0. The number of amidine groups is 1. The van der Waals surface area contributed by atoms with Gasteiger partial charge in [0.15, 0.2) is 0 Å². The van der Waals surface area contributed by atoms with Crippen molar-refractivity contribution in [1.29, 1.82) is 0 Å². The predicted molar refractivity (Wildman–Crippen MR) is 49.1 cm³/mol. The van der Waals surface area contributed by atoms with Gasteiger partial charge in [0.25, 0.3) is 5.84 Å². The second-order valence-electron chi connectivity index (χ2n) is 3.10. The summed E-state index contributed by atoms with van der Waals surface area (Å²) in [6, 6.07) is 8.49. The van der Waals surface area contributed by atoms with Gasteiger partial charge in [0, 0.05) is 0 Å². The fourth-order valence-electron chi connectivity index (χ4n) is 1.44. The van der Waals surface area contributed by atoms with Gasteiger partial charge in [-0.3, -0.25) is 10.3 Å². The van der Waals surface area contributed by atoms with E-state index < -0.39 is 0 Å². The van der Waals surface area contributed by atoms with Crippen molar-refractivity contribution in [2.45, 2.75) is 6.92 Å². The van der Waals surface area contributed by atoms with Crippen molar-refractivity contribution >= 4 is 5.84 Å². The third kappa shape index (κ3) is 1.33. The van der Waals surface area contributed by atoms with Crippen molar-refractivity contribution in [3.05, 3.63) is 35.4 Å². The fourth-order valence-corrected chi connectivity index (χ4v) is 1.44. The van der Waals surface area contributed by atoms with E-state index in [9.17, 15) is 0 Å². The molecule has 0 amide bonds. The third-order valence-electron chi connectivity index (χ3n) is 2.04. The van der Waals surface area contributed by atoms with Crippen molar-refractivity contribution in [3.8, 4) is 0 Å². The average Bonchev–Trinajstić information content (AvgIpc) is 2.56. The normalized spacial score (nSPS) is 15.6. The zero-order valence-corrected chi connectivity index (χ0v) is 7.22. The molecule has 2 nitrogen and oxygen atoms in total. The Hall–Kier alpha value is -1.31. The van der Waals surface area contributed by atoms with Crippen molar-refractivity contribution < 1.29 is 4.99 Å². The van der Waals surface area contributed by atoms with Gasteiger partial charge in [-0.05, 0) is 19.1 Å². The van der Waals surface area contributed by atoms with Gasteiger partial charge in [-0.25, -0.2) is 0 Å². The summed E-state index contributed by atoms with van der Waals surface area (Å²) in [5.41, 5.74) is 2.56. The van der Waals surface area contributed by atoms with Crippen molar-refractivity contribution in [3.63, 3.8) is 0 Å². The zero-order chi connectivity index (χ0) is 8.39. The van der Waals surface area contributed by atoms with Gasteiger partial charge < -0.3 is 0 Å². The van der Waals surface area contributed by atoms with Crippen LogP contribution in [0.25, 0.3) is 0 Å². The van der Waals surface area contributed by atoms with Crippen LogP contribution in [0.5, 0.6) is 0 Å². The topological polar surface area (TPSA) is 26.0 Å². The summed E-state index contributed by atoms with van der Waals surface area (Å²) >= 11 is 0. The number of hydrogen-bond donors (Lipinski definition) is 2. The molecule has 2 rings (SSSR count). The lowest BCUT2D eigenvalue weighted by molar-refractivity contribution is -0.444. The van der Waals surface area contributed by atoms with Gasteiger partial charge in [-0.15, -0.1) is 0 Å². The maximum atomic E-state index is 3.31. The molecule has 2 heteroatoms. The highest BCUT2D eigenvalue weighted by Gasteiger charge is 2.13. The van der Waals surface area contributed by atoms with E-state index in [1.54, 1.807) is 0 Å². The van der Waals surface area contributed by atoms with Crippen molar-refractivity contribution in [2.24, 2.45) is 0 Å². The largest absolute Gasteiger partial charge is 0.275 e. The molecule has 0 bridgehead atoms. The van der Waals surface area contributed by atoms with Crippen molar-refractivity contribution in [2.75, 3.05) is 13.1 Å². The summed E-state index contributed by atoms with van der Waals surface area (Å²) in [5, 5.41) is 3.31. The summed E-state index contributed by atoms with van der Waals surface area (Å²) in [6.45, 7) is 4.17. The molecular formula is C10H13N2+. The molecular weight excluding hydrogens is 148 g/mol. The van der Waals surface area contributed by atoms with Crippen LogP contribution in [0.4, 0.5) is 0 Å². The molecule has 0 aliphatic carbocycles. The lowest BCUT2D eigenvalue weighted by Crippen LogP contribution is -2.70. The molecule has 0 spiro atoms. The van der Waals surface area contributed by atoms with Crippen LogP contribution in [0.15, 0.2) is 24.3 Å². The van der Waals surface area contributed by atoms with E-state index in [0.717, 1.165) is 13.1 Å². The first-order valence-corrected chi connectivity index (χ1v) is 4.28. The van der Waals surface area contributed by atoms with Crippen LogP contribution in [-0.4, -0.2) is 18.9 Å². The Morgan fingerprint density at radius 3 is 3.00 bits per heavy atom. The van der Waals surface area contributed by atoms with Crippen LogP contribution in [0.1, 0.15) is 11.1 Å². The molecule has 12 heavy (non-hydrogen) atoms. The third-order valence-corrected chi connectivity index (χ3v) is 2.04. The predicted octanol–water partition coefficient (Wildman–Crippen LogP) is -0.575. The van der Waals surface area contributed by atoms with Crippen molar-refractivity contribution in [1.82, 2.24) is 5.32 Å². The number of rotatable bonds is 1. The monoisotopic (exact) mass is 161 g/mol. The first-order valence-electron chi connectivity index (χ1n) is 4.28. The standard InChI is InChI=1S/C10H12N2/c1-8-3-2-4-9(7-8)10-11-5-6-12-10/h2-4,7H,5-6H2,1H3,(H,11,12)/p+1. The van der Waals surface area contributed by atoms with Gasteiger partial charge in [-0.2, -0.15) is 0 Å². The SMILES string of the molecule is Cc1cccc(C2=[NH+]CCN2)c1. The molecule has 0 saturated heterocycles. The molecule has 1 heterocycles. The van der Waals surface area contributed by atoms with Gasteiger partial charge in [0.2, 0.25) is 0 Å². The number of nitrogens with one attached hydrogen (secondary N) is 2. The molecule has 1 aromatic carbocycles. The van der Waals surface area contributed by atoms with Crippen LogP contribution in [0, 0.1) is 6.92 Å². The van der Waals surface area contributed by atoms with E-state index in [1.165, 1.54) is 17.0 Å². The Kier molecular flexibility index (Phi) is 1.82. The van der Waals surface area contributed by atoms with Gasteiger partial charge in [-0.1, -0.05) is 17.7 Å². The highest BCUT2D eigenvalue weighted by molar-refractivity contribution is 5.94. The van der Waals surface area contributed by atoms with Crippen LogP contribution in [0.2, 0.25) is 0 Å². The lowest BCUT2D eigenvalue weighted by Gasteiger charge is -1.96. The maximum absolute atomic E-state index is 3.31. The minimum atomic E-state index is 1.03. The summed E-state index contributed by atoms with van der Waals surface area (Å²) in [4.78, 5) is 3.31. The number of aryl methyl sites for hydroxylation is 1. The highest BCUT2D eigenvalue weighted by Crippen LogP contribution is 2.02. The molecule has 0 fully saturated rings. The molecule has 0 atom stereocenters. The van der Waals surface area contributed by atoms with E-state index in [4.69, 9.17) is 0 Å². The Labute approximate surface area is 72.3 Å². The number of benzene rings is 1. The van der Waals surface area contributed by atoms with Gasteiger partial charge in [0.1, 0.15) is 13.1 Å². The molecule has 1 aliphatic rings. The average molecular weight is 161 g/mol. The van der Waals surface area contributed by atoms with E-state index in [-0.39, 0.29) is 0 Å². The Morgan fingerprint density at radius 2 is 2.33 bits per heavy atom. The first kappa shape index (κ1) is 7.35. The molecule has 62 valence electrons. The summed E-state index contributed by atoms with van der Waals surface area (Å²) in [6.07, 6.45) is 0. The van der Waals surface area contributed by atoms with Crippen LogP contribution >= 0.6 is 0 Å². The maximum Gasteiger partial charge on any atom is 0.275 e. The quantitative estimate of drug-likeness (QED) is 0.566. The van der Waals surface area contributed by atoms with E-state index in [1.807, 2.05) is 0 Å². The van der Waals surface area contributed by atoms with Gasteiger partial charge >= 0.3 is 0 Å². The second kappa shape index (κ2) is 2.97. The van der Waals surface area contributed by atoms with Gasteiger partial charge in [0.05, 0.1) is 5.56 Å². The fraction of sp³-hybridized carbons (Fsp3) is 0.300. The van der Waals surface area contributed by atoms with E-state index in [2.05, 4.69) is 41.5 Å². The minimum Gasteiger partial charge on any atom is -0.270 e. The molecule has 2 N–H and O–H groups in total. The highest BCUT2D eigenvalue weighted by atomic mass is 15.1. The van der Waals surface area contributed by atoms with E-state index >= 15 is 0 Å². The minimum absolute atomic E-state index is 1.03. The molecule has 1 aliphatic heterocycles. The van der Waals surface area contributed by atoms with Crippen LogP contribution in [0.3, 0.4) is 0 Å². The Balaban J connectivity index is 2.33. The molecule has 0 saturated carbocycles. The summed E-state index contributed by atoms with van der Waals surface area (Å²) in [5.74, 6) is 1.17. The smallest absolute Gasteiger partial charge is 0.270 e. The zero-order valence-electron chi connectivity index (χ0n) is 7.22. The van der Waals surface area contributed by atoms with E-state index in [0.29, 0.717) is 0 Å². The second-order valence-corrected chi connectivity index (χ2v) is 3.10. The Bertz CT molecular complexity index is 315. The number of hydrogen-bond acceptors (Lipinski definition) is 1. The summed E-state index contributed by atoms with van der Waals surface area (Å²) in [7, 11) is 0. The first-order chi connectivity index (χ1) is 5.86.